The molecule has 2 saturated heterocycles. The standard InChI is InChI=1S/2C10H14N2.2C5H4N2O4.H2O/c2*1-12-7-3-5-10(12)9-4-2-6-11-8-9;2*8-3-1-2(4(9)10)6-5(11)7-3;/h2*2,4,6,8,10H,3,5,7H2,1H3;2*1H,(H,9,10)(H2,6,7,8,11);1H2/t2*10-;;;/m00.../s1. The maximum absolute atomic E-state index is 10.5. The third-order valence-corrected chi connectivity index (χ3v) is 7.16. The highest BCUT2D eigenvalue weighted by molar-refractivity contribution is 5.85. The predicted octanol–water partition coefficient (Wildman–Crippen LogP) is 0.395. The van der Waals surface area contributed by atoms with Crippen molar-refractivity contribution in [1.29, 1.82) is 0 Å². The summed E-state index contributed by atoms with van der Waals surface area (Å²) in [5, 5.41) is 16.6. The van der Waals surface area contributed by atoms with Crippen LogP contribution in [0.5, 0.6) is 0 Å². The van der Waals surface area contributed by atoms with E-state index in [1.54, 1.807) is 0 Å². The number of rotatable bonds is 4. The van der Waals surface area contributed by atoms with E-state index >= 15 is 0 Å². The minimum Gasteiger partial charge on any atom is -0.477 e. The van der Waals surface area contributed by atoms with E-state index in [2.05, 4.69) is 46.0 Å². The van der Waals surface area contributed by atoms with Crippen LogP contribution < -0.4 is 22.5 Å². The van der Waals surface area contributed by atoms with Gasteiger partial charge >= 0.3 is 23.3 Å². The first kappa shape index (κ1) is 37.7. The van der Waals surface area contributed by atoms with Crippen LogP contribution in [-0.2, 0) is 0 Å². The van der Waals surface area contributed by atoms with Gasteiger partial charge in [0.05, 0.1) is 0 Å². The normalized spacial score (nSPS) is 17.0. The summed E-state index contributed by atoms with van der Waals surface area (Å²) in [5.41, 5.74) is -1.23. The summed E-state index contributed by atoms with van der Waals surface area (Å²) in [6.45, 7) is 2.44. The number of aromatic carboxylic acids is 2. The molecule has 6 heterocycles. The zero-order valence-electron chi connectivity index (χ0n) is 25.8. The lowest BCUT2D eigenvalue weighted by molar-refractivity contribution is 0.0679. The highest BCUT2D eigenvalue weighted by Crippen LogP contribution is 2.30. The number of aromatic amines is 4. The minimum absolute atomic E-state index is 0. The molecule has 0 aromatic carbocycles. The number of nitrogens with one attached hydrogen (secondary N) is 4. The summed E-state index contributed by atoms with van der Waals surface area (Å²) in [6, 6.07) is 11.2. The third kappa shape index (κ3) is 12.1. The largest absolute Gasteiger partial charge is 0.477 e. The summed E-state index contributed by atoms with van der Waals surface area (Å²) in [4.78, 5) is 82.8. The van der Waals surface area contributed by atoms with Gasteiger partial charge in [-0.3, -0.25) is 39.3 Å². The summed E-state index contributed by atoms with van der Waals surface area (Å²) in [7, 11) is 4.37. The zero-order valence-corrected chi connectivity index (χ0v) is 25.8. The Labute approximate surface area is 267 Å². The fourth-order valence-corrected chi connectivity index (χ4v) is 4.98. The van der Waals surface area contributed by atoms with Crippen LogP contribution in [0.4, 0.5) is 0 Å². The second kappa shape index (κ2) is 18.4. The Balaban J connectivity index is 0.000000217. The number of nitrogens with zero attached hydrogens (tertiary/aromatic N) is 4. The average Bonchev–Trinajstić information content (AvgIpc) is 3.66. The van der Waals surface area contributed by atoms with Crippen LogP contribution in [0.1, 0.15) is 69.9 Å². The van der Waals surface area contributed by atoms with Gasteiger partial charge in [0.1, 0.15) is 11.4 Å². The van der Waals surface area contributed by atoms with Gasteiger partial charge < -0.3 is 25.7 Å². The third-order valence-electron chi connectivity index (χ3n) is 7.16. The smallest absolute Gasteiger partial charge is 0.352 e. The van der Waals surface area contributed by atoms with E-state index in [-0.39, 0.29) is 5.48 Å². The Morgan fingerprint density at radius 2 is 1.09 bits per heavy atom. The van der Waals surface area contributed by atoms with Crippen molar-refractivity contribution >= 4 is 11.9 Å². The van der Waals surface area contributed by atoms with Crippen molar-refractivity contribution < 1.29 is 25.3 Å². The lowest BCUT2D eigenvalue weighted by atomic mass is 10.1. The Hall–Kier alpha value is -5.52. The molecule has 0 amide bonds. The van der Waals surface area contributed by atoms with Gasteiger partial charge in [-0.25, -0.2) is 19.2 Å². The summed E-state index contributed by atoms with van der Waals surface area (Å²) in [5.74, 6) is -2.68. The van der Waals surface area contributed by atoms with Crippen molar-refractivity contribution in [3.05, 3.63) is 125 Å². The summed E-state index contributed by atoms with van der Waals surface area (Å²) < 4.78 is 0. The number of H-pyrrole nitrogens is 4. The van der Waals surface area contributed by atoms with E-state index in [0.717, 1.165) is 12.1 Å². The van der Waals surface area contributed by atoms with Crippen molar-refractivity contribution in [2.75, 3.05) is 27.2 Å². The Kier molecular flexibility index (Phi) is 14.8. The molecule has 0 saturated carbocycles. The molecule has 17 nitrogen and oxygen atoms in total. The molecule has 2 aliphatic rings. The maximum Gasteiger partial charge on any atom is 0.352 e. The topological polar surface area (TPSA) is 270 Å². The van der Waals surface area contributed by atoms with Crippen LogP contribution in [0.25, 0.3) is 0 Å². The Bertz CT molecular complexity index is 1620. The first-order valence-electron chi connectivity index (χ1n) is 14.3. The van der Waals surface area contributed by atoms with Gasteiger partial charge in [-0.15, -0.1) is 0 Å². The van der Waals surface area contributed by atoms with Crippen LogP contribution in [0.15, 0.2) is 80.4 Å². The van der Waals surface area contributed by atoms with E-state index in [4.69, 9.17) is 10.2 Å². The number of carboxylic acid groups (broad SMARTS) is 2. The zero-order chi connectivity index (χ0) is 33.6. The van der Waals surface area contributed by atoms with Crippen molar-refractivity contribution in [2.45, 2.75) is 37.8 Å². The van der Waals surface area contributed by atoms with E-state index in [1.165, 1.54) is 49.9 Å². The molecule has 0 aliphatic carbocycles. The molecule has 47 heavy (non-hydrogen) atoms. The number of hydrogen-bond acceptors (Lipinski definition) is 10. The van der Waals surface area contributed by atoms with Crippen LogP contribution >= 0.6 is 0 Å². The number of aromatic nitrogens is 6. The van der Waals surface area contributed by atoms with Crippen LogP contribution in [0, 0.1) is 0 Å². The Morgan fingerprint density at radius 3 is 1.34 bits per heavy atom. The van der Waals surface area contributed by atoms with E-state index < -0.39 is 45.8 Å². The quantitative estimate of drug-likeness (QED) is 0.174. The molecule has 6 rings (SSSR count). The van der Waals surface area contributed by atoms with Crippen molar-refractivity contribution in [2.24, 2.45) is 0 Å². The molecule has 2 fully saturated rings. The molecule has 2 atom stereocenters. The van der Waals surface area contributed by atoms with Crippen molar-refractivity contribution in [1.82, 2.24) is 39.7 Å². The van der Waals surface area contributed by atoms with Crippen molar-refractivity contribution in [3.8, 4) is 0 Å². The van der Waals surface area contributed by atoms with E-state index in [1.807, 2.05) is 56.9 Å². The predicted molar refractivity (Wildman–Crippen MR) is 171 cm³/mol. The first-order valence-corrected chi connectivity index (χ1v) is 14.3. The fraction of sp³-hybridized carbons (Fsp3) is 0.333. The van der Waals surface area contributed by atoms with Gasteiger partial charge in [-0.1, -0.05) is 12.1 Å². The number of carboxylic acids is 2. The van der Waals surface area contributed by atoms with Gasteiger partial charge in [0.2, 0.25) is 0 Å². The molecule has 0 radical (unpaired) electrons. The second-order valence-electron chi connectivity index (χ2n) is 10.5. The number of carbonyl (C=O) groups is 2. The van der Waals surface area contributed by atoms with Crippen molar-refractivity contribution in [3.63, 3.8) is 0 Å². The first-order chi connectivity index (χ1) is 21.9. The SMILES string of the molecule is CN1CCC[C@H]1c1cccnc1.CN1CCC[C@H]1c1cccnc1.O.O=C(O)c1cc(=O)[nH]c(=O)[nH]1.O=C(O)c1cc(=O)[nH]c(=O)[nH]1. The average molecular weight is 655 g/mol. The van der Waals surface area contributed by atoms with Crippen LogP contribution in [0.2, 0.25) is 0 Å². The molecule has 2 aliphatic heterocycles. The lowest BCUT2D eigenvalue weighted by Gasteiger charge is -2.18. The molecule has 17 heteroatoms. The number of pyridine rings is 2. The highest BCUT2D eigenvalue weighted by atomic mass is 16.4. The molecular formula is C30H38N8O9. The summed E-state index contributed by atoms with van der Waals surface area (Å²) in [6.07, 6.45) is 12.8. The number of likely N-dealkylation sites (tertiary alicyclic amines) is 2. The van der Waals surface area contributed by atoms with E-state index in [9.17, 15) is 28.8 Å². The number of hydrogen-bond donors (Lipinski definition) is 6. The molecule has 4 aromatic rings. The summed E-state index contributed by atoms with van der Waals surface area (Å²) >= 11 is 0. The molecule has 0 unspecified atom stereocenters. The molecule has 252 valence electrons. The fourth-order valence-electron chi connectivity index (χ4n) is 4.98. The molecular weight excluding hydrogens is 616 g/mol. The van der Waals surface area contributed by atoms with Gasteiger partial charge in [-0.05, 0) is 76.1 Å². The maximum atomic E-state index is 10.5. The van der Waals surface area contributed by atoms with E-state index in [0.29, 0.717) is 12.1 Å². The Morgan fingerprint density at radius 1 is 0.702 bits per heavy atom. The van der Waals surface area contributed by atoms with Crippen LogP contribution in [-0.4, -0.2) is 94.5 Å². The lowest BCUT2D eigenvalue weighted by Crippen LogP contribution is -2.24. The molecule has 0 bridgehead atoms. The van der Waals surface area contributed by atoms with Gasteiger partial charge in [0.25, 0.3) is 11.1 Å². The van der Waals surface area contributed by atoms with Crippen LogP contribution in [0.3, 0.4) is 0 Å². The minimum atomic E-state index is -1.34. The van der Waals surface area contributed by atoms with Gasteiger partial charge in [0, 0.05) is 49.0 Å². The van der Waals surface area contributed by atoms with Gasteiger partial charge in [0.15, 0.2) is 0 Å². The molecule has 8 N–H and O–H groups in total. The molecule has 4 aromatic heterocycles. The second-order valence-corrected chi connectivity index (χ2v) is 10.5. The van der Waals surface area contributed by atoms with Gasteiger partial charge in [-0.2, -0.15) is 0 Å². The highest BCUT2D eigenvalue weighted by Gasteiger charge is 2.22. The molecule has 0 spiro atoms. The monoisotopic (exact) mass is 654 g/mol.